The number of nitrogens with one attached hydrogen (secondary N) is 1. The normalized spacial score (nSPS) is 15.5. The van der Waals surface area contributed by atoms with Crippen LogP contribution in [0.3, 0.4) is 0 Å². The number of rotatable bonds is 5. The van der Waals surface area contributed by atoms with Gasteiger partial charge in [0.25, 0.3) is 0 Å². The summed E-state index contributed by atoms with van der Waals surface area (Å²) in [6.45, 7) is 4.87. The third kappa shape index (κ3) is 3.49. The molecule has 0 unspecified atom stereocenters. The Kier molecular flexibility index (Phi) is 4.68. The Labute approximate surface area is 142 Å². The van der Waals surface area contributed by atoms with Crippen LogP contribution in [0.15, 0.2) is 12.1 Å². The molecule has 3 rings (SSSR count). The zero-order valence-corrected chi connectivity index (χ0v) is 14.7. The lowest BCUT2D eigenvalue weighted by atomic mass is 10.2. The van der Waals surface area contributed by atoms with Gasteiger partial charge in [0.2, 0.25) is 5.95 Å². The summed E-state index contributed by atoms with van der Waals surface area (Å²) in [5, 5.41) is 17.8. The maximum Gasteiger partial charge on any atom is 0.224 e. The van der Waals surface area contributed by atoms with Gasteiger partial charge in [-0.1, -0.05) is 0 Å². The average molecular weight is 331 g/mol. The number of hydrogen-bond acceptors (Lipinski definition) is 7. The number of anilines is 2. The van der Waals surface area contributed by atoms with Crippen LogP contribution >= 0.6 is 0 Å². The van der Waals surface area contributed by atoms with Gasteiger partial charge in [0.05, 0.1) is 24.5 Å². The number of aliphatic hydroxyl groups is 1. The summed E-state index contributed by atoms with van der Waals surface area (Å²) in [5.74, 6) is 1.54. The lowest BCUT2D eigenvalue weighted by molar-refractivity contribution is 0.133. The monoisotopic (exact) mass is 331 g/mol. The number of hydrogen-bond donors (Lipinski definition) is 2. The third-order valence-electron chi connectivity index (χ3n) is 4.08. The molecule has 1 atom stereocenters. The summed E-state index contributed by atoms with van der Waals surface area (Å²) in [5.41, 5.74) is 2.76. The van der Waals surface area contributed by atoms with E-state index < -0.39 is 6.10 Å². The van der Waals surface area contributed by atoms with Crippen LogP contribution in [0.4, 0.5) is 11.8 Å². The van der Waals surface area contributed by atoms with Gasteiger partial charge < -0.3 is 20.2 Å². The van der Waals surface area contributed by atoms with Crippen molar-refractivity contribution >= 4 is 11.8 Å². The first-order chi connectivity index (χ1) is 11.5. The number of nitrogens with zero attached hydrogens (tertiary/aromatic N) is 6. The van der Waals surface area contributed by atoms with Crippen LogP contribution in [-0.4, -0.2) is 64.0 Å². The molecule has 24 heavy (non-hydrogen) atoms. The van der Waals surface area contributed by atoms with Crippen LogP contribution in [0.25, 0.3) is 0 Å². The third-order valence-corrected chi connectivity index (χ3v) is 4.08. The first kappa shape index (κ1) is 16.7. The highest BCUT2D eigenvalue weighted by Crippen LogP contribution is 2.23. The Morgan fingerprint density at radius 2 is 2.08 bits per heavy atom. The minimum absolute atomic E-state index is 0.566. The van der Waals surface area contributed by atoms with Crippen LogP contribution in [0.1, 0.15) is 23.2 Å². The standard InChI is InChI=1S/C16H25N7O/c1-11-7-15(19-16(17-2)18-11)22-5-6-23-12(9-22)8-13(20-23)14(24)10-21(3)4/h7-8,14,24H,5-6,9-10H2,1-4H3,(H,17,18,19)/t14-/m1/s1. The summed E-state index contributed by atoms with van der Waals surface area (Å²) >= 11 is 0. The van der Waals surface area contributed by atoms with E-state index in [1.165, 1.54) is 0 Å². The molecule has 2 aromatic heterocycles. The molecule has 8 nitrogen and oxygen atoms in total. The summed E-state index contributed by atoms with van der Waals surface area (Å²) < 4.78 is 1.98. The number of likely N-dealkylation sites (N-methyl/N-ethyl adjacent to an activating group) is 1. The van der Waals surface area contributed by atoms with E-state index in [2.05, 4.69) is 25.3 Å². The maximum atomic E-state index is 10.3. The van der Waals surface area contributed by atoms with Crippen molar-refractivity contribution in [1.29, 1.82) is 0 Å². The van der Waals surface area contributed by atoms with E-state index in [9.17, 15) is 5.11 Å². The molecule has 8 heteroatoms. The maximum absolute atomic E-state index is 10.3. The summed E-state index contributed by atoms with van der Waals surface area (Å²) in [6.07, 6.45) is -0.566. The van der Waals surface area contributed by atoms with Gasteiger partial charge in [-0.15, -0.1) is 0 Å². The topological polar surface area (TPSA) is 82.3 Å². The molecule has 3 heterocycles. The van der Waals surface area contributed by atoms with Gasteiger partial charge in [0, 0.05) is 31.9 Å². The first-order valence-corrected chi connectivity index (χ1v) is 8.14. The van der Waals surface area contributed by atoms with Gasteiger partial charge in [0.15, 0.2) is 0 Å². The van der Waals surface area contributed by atoms with Gasteiger partial charge in [-0.25, -0.2) is 4.98 Å². The molecule has 1 aliphatic heterocycles. The van der Waals surface area contributed by atoms with Crippen LogP contribution < -0.4 is 10.2 Å². The van der Waals surface area contributed by atoms with E-state index in [0.29, 0.717) is 12.5 Å². The quantitative estimate of drug-likeness (QED) is 0.832. The summed E-state index contributed by atoms with van der Waals surface area (Å²) in [4.78, 5) is 13.1. The lowest BCUT2D eigenvalue weighted by Crippen LogP contribution is -2.34. The van der Waals surface area contributed by atoms with E-state index in [-0.39, 0.29) is 0 Å². The van der Waals surface area contributed by atoms with E-state index >= 15 is 0 Å². The van der Waals surface area contributed by atoms with Gasteiger partial charge in [-0.2, -0.15) is 10.1 Å². The van der Waals surface area contributed by atoms with Crippen molar-refractivity contribution in [2.75, 3.05) is 44.4 Å². The van der Waals surface area contributed by atoms with Crippen molar-refractivity contribution in [2.24, 2.45) is 0 Å². The fraction of sp³-hybridized carbons (Fsp3) is 0.562. The smallest absolute Gasteiger partial charge is 0.224 e. The molecule has 0 aliphatic carbocycles. The van der Waals surface area contributed by atoms with Crippen molar-refractivity contribution < 1.29 is 5.11 Å². The first-order valence-electron chi connectivity index (χ1n) is 8.14. The molecule has 1 aliphatic rings. The minimum Gasteiger partial charge on any atom is -0.385 e. The summed E-state index contributed by atoms with van der Waals surface area (Å²) in [6, 6.07) is 3.99. The van der Waals surface area contributed by atoms with Crippen molar-refractivity contribution in [1.82, 2.24) is 24.6 Å². The number of aromatic nitrogens is 4. The predicted molar refractivity (Wildman–Crippen MR) is 93.1 cm³/mol. The molecule has 0 aromatic carbocycles. The number of aliphatic hydroxyl groups excluding tert-OH is 1. The van der Waals surface area contributed by atoms with E-state index in [4.69, 9.17) is 0 Å². The fourth-order valence-corrected chi connectivity index (χ4v) is 2.91. The van der Waals surface area contributed by atoms with Gasteiger partial charge in [-0.3, -0.25) is 4.68 Å². The number of aryl methyl sites for hydroxylation is 1. The van der Waals surface area contributed by atoms with Crippen molar-refractivity contribution in [3.8, 4) is 0 Å². The van der Waals surface area contributed by atoms with Gasteiger partial charge >= 0.3 is 0 Å². The predicted octanol–water partition coefficient (Wildman–Crippen LogP) is 0.638. The molecule has 0 fully saturated rings. The molecule has 0 radical (unpaired) electrons. The molecule has 0 saturated heterocycles. The Balaban J connectivity index is 1.79. The average Bonchev–Trinajstić information content (AvgIpc) is 2.96. The molecule has 0 bridgehead atoms. The Hall–Kier alpha value is -2.19. The molecule has 2 N–H and O–H groups in total. The second kappa shape index (κ2) is 6.74. The van der Waals surface area contributed by atoms with Crippen LogP contribution in [0, 0.1) is 6.92 Å². The summed E-state index contributed by atoms with van der Waals surface area (Å²) in [7, 11) is 5.71. The van der Waals surface area contributed by atoms with Crippen molar-refractivity contribution in [3.05, 3.63) is 29.2 Å². The van der Waals surface area contributed by atoms with Crippen molar-refractivity contribution in [2.45, 2.75) is 26.1 Å². The lowest BCUT2D eigenvalue weighted by Gasteiger charge is -2.28. The number of fused-ring (bicyclic) bond motifs is 1. The fourth-order valence-electron chi connectivity index (χ4n) is 2.91. The van der Waals surface area contributed by atoms with Gasteiger partial charge in [-0.05, 0) is 27.1 Å². The zero-order chi connectivity index (χ0) is 17.3. The van der Waals surface area contributed by atoms with Gasteiger partial charge in [0.1, 0.15) is 11.9 Å². The highest BCUT2D eigenvalue weighted by atomic mass is 16.3. The second-order valence-electron chi connectivity index (χ2n) is 6.42. The Morgan fingerprint density at radius 1 is 1.29 bits per heavy atom. The molecule has 130 valence electrons. The zero-order valence-electron chi connectivity index (χ0n) is 14.7. The molecule has 0 spiro atoms. The van der Waals surface area contributed by atoms with Crippen LogP contribution in [0.2, 0.25) is 0 Å². The molecule has 0 amide bonds. The van der Waals surface area contributed by atoms with E-state index in [0.717, 1.165) is 42.5 Å². The second-order valence-corrected chi connectivity index (χ2v) is 6.42. The molecular weight excluding hydrogens is 306 g/mol. The molecule has 2 aromatic rings. The highest BCUT2D eigenvalue weighted by molar-refractivity contribution is 5.45. The van der Waals surface area contributed by atoms with Crippen LogP contribution in [0.5, 0.6) is 0 Å². The molecule has 0 saturated carbocycles. The van der Waals surface area contributed by atoms with E-state index in [1.54, 1.807) is 0 Å². The van der Waals surface area contributed by atoms with E-state index in [1.807, 2.05) is 49.8 Å². The molecular formula is C16H25N7O. The minimum atomic E-state index is -0.566. The van der Waals surface area contributed by atoms with Crippen molar-refractivity contribution in [3.63, 3.8) is 0 Å². The SMILES string of the molecule is CNc1nc(C)cc(N2CCn3nc([C@H](O)CN(C)C)cc3C2)n1. The van der Waals surface area contributed by atoms with Crippen LogP contribution in [-0.2, 0) is 13.1 Å². The Morgan fingerprint density at radius 3 is 2.79 bits per heavy atom. The Bertz CT molecular complexity index is 712. The highest BCUT2D eigenvalue weighted by Gasteiger charge is 2.22. The largest absolute Gasteiger partial charge is 0.385 e.